The number of rotatable bonds is 5. The van der Waals surface area contributed by atoms with Crippen molar-refractivity contribution in [2.45, 2.75) is 44.3 Å². The van der Waals surface area contributed by atoms with E-state index in [1.165, 1.54) is 18.2 Å². The zero-order valence-electron chi connectivity index (χ0n) is 15.1. The van der Waals surface area contributed by atoms with Gasteiger partial charge in [-0.1, -0.05) is 31.4 Å². The van der Waals surface area contributed by atoms with Gasteiger partial charge in [-0.05, 0) is 36.6 Å². The van der Waals surface area contributed by atoms with Crippen molar-refractivity contribution in [1.82, 2.24) is 10.6 Å². The fourth-order valence-corrected chi connectivity index (χ4v) is 2.76. The van der Waals surface area contributed by atoms with Crippen LogP contribution in [0.15, 0.2) is 30.3 Å². The second-order valence-corrected chi connectivity index (χ2v) is 6.42. The summed E-state index contributed by atoms with van der Waals surface area (Å²) >= 11 is 0. The minimum Gasteiger partial charge on any atom is -0.452 e. The van der Waals surface area contributed by atoms with Crippen LogP contribution in [-0.4, -0.2) is 30.6 Å². The quantitative estimate of drug-likeness (QED) is 0.588. The first kappa shape index (κ1) is 21.5. The highest BCUT2D eigenvalue weighted by molar-refractivity contribution is 5.96. The molecule has 1 saturated carbocycles. The lowest BCUT2D eigenvalue weighted by Gasteiger charge is -2.22. The van der Waals surface area contributed by atoms with E-state index in [1.807, 2.05) is 0 Å². The van der Waals surface area contributed by atoms with E-state index in [2.05, 4.69) is 10.6 Å². The summed E-state index contributed by atoms with van der Waals surface area (Å²) in [7, 11) is 0. The van der Waals surface area contributed by atoms with Crippen molar-refractivity contribution in [1.29, 1.82) is 0 Å². The molecule has 1 aromatic carbocycles. The van der Waals surface area contributed by atoms with Crippen molar-refractivity contribution in [2.75, 3.05) is 6.61 Å². The minimum absolute atomic E-state index is 0.0377. The number of nitrogens with one attached hydrogen (secondary N) is 2. The first-order chi connectivity index (χ1) is 13.2. The number of esters is 1. The Hall–Kier alpha value is -2.84. The van der Waals surface area contributed by atoms with Gasteiger partial charge in [0.2, 0.25) is 0 Å². The van der Waals surface area contributed by atoms with Crippen LogP contribution >= 0.6 is 0 Å². The molecule has 152 valence electrons. The predicted molar refractivity (Wildman–Crippen MR) is 95.0 cm³/mol. The molecule has 1 aliphatic rings. The van der Waals surface area contributed by atoms with E-state index < -0.39 is 36.3 Å². The molecule has 0 saturated heterocycles. The number of halogens is 3. The molecule has 1 fully saturated rings. The molecule has 0 aliphatic heterocycles. The monoisotopic (exact) mass is 398 g/mol. The summed E-state index contributed by atoms with van der Waals surface area (Å²) in [4.78, 5) is 34.9. The van der Waals surface area contributed by atoms with E-state index in [4.69, 9.17) is 4.74 Å². The Kier molecular flexibility index (Phi) is 7.60. The summed E-state index contributed by atoms with van der Waals surface area (Å²) in [6, 6.07) is 3.60. The van der Waals surface area contributed by atoms with Gasteiger partial charge in [0.25, 0.3) is 5.91 Å². The molecule has 2 rings (SSSR count). The number of carbonyl (C=O) groups excluding carboxylic acids is 3. The van der Waals surface area contributed by atoms with E-state index >= 15 is 0 Å². The van der Waals surface area contributed by atoms with Gasteiger partial charge in [-0.3, -0.25) is 10.1 Å². The van der Waals surface area contributed by atoms with Crippen LogP contribution < -0.4 is 10.6 Å². The van der Waals surface area contributed by atoms with Gasteiger partial charge in [0.1, 0.15) is 0 Å². The van der Waals surface area contributed by atoms with Gasteiger partial charge in [-0.15, -0.1) is 0 Å². The van der Waals surface area contributed by atoms with Gasteiger partial charge in [0.15, 0.2) is 6.61 Å². The molecule has 0 bridgehead atoms. The molecule has 3 amide bonds. The highest BCUT2D eigenvalue weighted by Crippen LogP contribution is 2.29. The Morgan fingerprint density at radius 2 is 1.71 bits per heavy atom. The first-order valence-corrected chi connectivity index (χ1v) is 8.86. The summed E-state index contributed by atoms with van der Waals surface area (Å²) in [6.45, 7) is -0.645. The summed E-state index contributed by atoms with van der Waals surface area (Å²) < 4.78 is 42.1. The fraction of sp³-hybridized carbons (Fsp3) is 0.421. The van der Waals surface area contributed by atoms with E-state index in [1.54, 1.807) is 0 Å². The fourth-order valence-electron chi connectivity index (χ4n) is 2.76. The van der Waals surface area contributed by atoms with Crippen molar-refractivity contribution in [2.24, 2.45) is 0 Å². The number of benzene rings is 1. The molecule has 6 nitrogen and oxygen atoms in total. The van der Waals surface area contributed by atoms with E-state index in [0.29, 0.717) is 5.56 Å². The summed E-state index contributed by atoms with van der Waals surface area (Å²) in [5, 5.41) is 4.77. The normalized spacial score (nSPS) is 15.2. The highest BCUT2D eigenvalue weighted by Gasteiger charge is 2.29. The number of carbonyl (C=O) groups is 3. The molecule has 1 aromatic rings. The van der Waals surface area contributed by atoms with E-state index in [0.717, 1.165) is 50.3 Å². The molecule has 1 aliphatic carbocycles. The number of imide groups is 1. The maximum absolute atomic E-state index is 12.5. The van der Waals surface area contributed by atoms with Crippen molar-refractivity contribution < 1.29 is 32.3 Å². The number of hydrogen-bond donors (Lipinski definition) is 2. The van der Waals surface area contributed by atoms with Crippen LogP contribution in [0.1, 0.15) is 43.2 Å². The summed E-state index contributed by atoms with van der Waals surface area (Å²) in [5.41, 5.74) is -0.434. The third kappa shape index (κ3) is 7.42. The molecule has 0 unspecified atom stereocenters. The summed E-state index contributed by atoms with van der Waals surface area (Å²) in [6.07, 6.45) is 2.74. The van der Waals surface area contributed by atoms with Gasteiger partial charge in [-0.25, -0.2) is 9.59 Å². The Labute approximate surface area is 160 Å². The third-order valence-electron chi connectivity index (χ3n) is 4.19. The van der Waals surface area contributed by atoms with Crippen LogP contribution in [-0.2, 0) is 20.5 Å². The zero-order chi connectivity index (χ0) is 20.6. The predicted octanol–water partition coefficient (Wildman–Crippen LogP) is 3.42. The third-order valence-corrected chi connectivity index (χ3v) is 4.19. The molecule has 0 aromatic heterocycles. The van der Waals surface area contributed by atoms with E-state index in [9.17, 15) is 27.6 Å². The number of amides is 3. The van der Waals surface area contributed by atoms with Gasteiger partial charge in [-0.2, -0.15) is 13.2 Å². The van der Waals surface area contributed by atoms with Crippen LogP contribution in [0.4, 0.5) is 18.0 Å². The first-order valence-electron chi connectivity index (χ1n) is 8.86. The van der Waals surface area contributed by atoms with Gasteiger partial charge < -0.3 is 10.1 Å². The molecule has 0 radical (unpaired) electrons. The molecular formula is C19H21F3N2O4. The largest absolute Gasteiger partial charge is 0.452 e. The second-order valence-electron chi connectivity index (χ2n) is 6.42. The van der Waals surface area contributed by atoms with Gasteiger partial charge >= 0.3 is 18.2 Å². The summed E-state index contributed by atoms with van der Waals surface area (Å²) in [5.74, 6) is -1.63. The molecule has 0 heterocycles. The number of alkyl halides is 3. The Morgan fingerprint density at radius 3 is 2.32 bits per heavy atom. The standard InChI is InChI=1S/C19H21F3N2O4/c20-19(21,22)14-9-6-13(7-10-14)8-11-17(26)28-12-16(25)24-18(27)23-15-4-2-1-3-5-15/h6-11,15H,1-5,12H2,(H2,23,24,25,27)/b11-8+. The maximum atomic E-state index is 12.5. The lowest BCUT2D eigenvalue weighted by atomic mass is 9.96. The zero-order valence-corrected chi connectivity index (χ0v) is 15.1. The molecular weight excluding hydrogens is 377 g/mol. The second kappa shape index (κ2) is 9.91. The minimum atomic E-state index is -4.43. The van der Waals surface area contributed by atoms with Crippen LogP contribution in [0.5, 0.6) is 0 Å². The Bertz CT molecular complexity index is 724. The maximum Gasteiger partial charge on any atom is 0.416 e. The molecule has 2 N–H and O–H groups in total. The Balaban J connectivity index is 1.71. The lowest BCUT2D eigenvalue weighted by Crippen LogP contribution is -2.46. The number of urea groups is 1. The molecule has 9 heteroatoms. The van der Waals surface area contributed by atoms with Crippen molar-refractivity contribution in [3.8, 4) is 0 Å². The topological polar surface area (TPSA) is 84.5 Å². The Morgan fingerprint density at radius 1 is 1.07 bits per heavy atom. The van der Waals surface area contributed by atoms with Gasteiger partial charge in [0, 0.05) is 12.1 Å². The van der Waals surface area contributed by atoms with Crippen LogP contribution in [0.2, 0.25) is 0 Å². The average molecular weight is 398 g/mol. The van der Waals surface area contributed by atoms with Crippen molar-refractivity contribution in [3.05, 3.63) is 41.5 Å². The molecule has 0 atom stereocenters. The van der Waals surface area contributed by atoms with Gasteiger partial charge in [0.05, 0.1) is 5.56 Å². The van der Waals surface area contributed by atoms with Crippen molar-refractivity contribution >= 4 is 24.0 Å². The van der Waals surface area contributed by atoms with Crippen LogP contribution in [0.25, 0.3) is 6.08 Å². The SMILES string of the molecule is O=C(COC(=O)/C=C/c1ccc(C(F)(F)F)cc1)NC(=O)NC1CCCCC1. The number of ether oxygens (including phenoxy) is 1. The van der Waals surface area contributed by atoms with E-state index in [-0.39, 0.29) is 6.04 Å². The van der Waals surface area contributed by atoms with Crippen molar-refractivity contribution in [3.63, 3.8) is 0 Å². The highest BCUT2D eigenvalue weighted by atomic mass is 19.4. The number of hydrogen-bond acceptors (Lipinski definition) is 4. The smallest absolute Gasteiger partial charge is 0.416 e. The van der Waals surface area contributed by atoms with Crippen LogP contribution in [0, 0.1) is 0 Å². The molecule has 0 spiro atoms. The lowest BCUT2D eigenvalue weighted by molar-refractivity contribution is -0.143. The van der Waals surface area contributed by atoms with Crippen LogP contribution in [0.3, 0.4) is 0 Å². The molecule has 28 heavy (non-hydrogen) atoms. The average Bonchev–Trinajstić information content (AvgIpc) is 2.65.